The molecule has 0 aromatic heterocycles. The van der Waals surface area contributed by atoms with Crippen molar-refractivity contribution in [3.05, 3.63) is 0 Å². The molecule has 7 heteroatoms. The van der Waals surface area contributed by atoms with E-state index in [2.05, 4.69) is 12.1 Å². The van der Waals surface area contributed by atoms with Crippen LogP contribution in [0, 0.1) is 34.0 Å². The third-order valence-electron chi connectivity index (χ3n) is 4.39. The van der Waals surface area contributed by atoms with Crippen LogP contribution in [-0.4, -0.2) is 41.3 Å². The highest BCUT2D eigenvalue weighted by molar-refractivity contribution is 5.70. The molecule has 0 radical (unpaired) electrons. The van der Waals surface area contributed by atoms with Gasteiger partial charge in [0.1, 0.15) is 16.6 Å². The SMILES string of the molecule is CC(C)(C)OC(=O)CCC(C#N)(C#N)C1CCN(C(=O)OC(C)(C)C)CC1. The maximum absolute atomic E-state index is 12.2. The van der Waals surface area contributed by atoms with Gasteiger partial charge in [-0.3, -0.25) is 4.79 Å². The summed E-state index contributed by atoms with van der Waals surface area (Å²) in [6.45, 7) is 11.6. The lowest BCUT2D eigenvalue weighted by molar-refractivity contribution is -0.155. The van der Waals surface area contributed by atoms with Gasteiger partial charge in [-0.25, -0.2) is 4.79 Å². The average Bonchev–Trinajstić information content (AvgIpc) is 2.53. The molecular formula is C20H31N3O4. The lowest BCUT2D eigenvalue weighted by Gasteiger charge is -2.37. The number of rotatable bonds is 4. The van der Waals surface area contributed by atoms with Crippen LogP contribution >= 0.6 is 0 Å². The van der Waals surface area contributed by atoms with Crippen molar-refractivity contribution in [1.29, 1.82) is 10.5 Å². The molecule has 150 valence electrons. The quantitative estimate of drug-likeness (QED) is 0.691. The minimum Gasteiger partial charge on any atom is -0.460 e. The Morgan fingerprint density at radius 3 is 1.85 bits per heavy atom. The molecular weight excluding hydrogens is 346 g/mol. The van der Waals surface area contributed by atoms with Gasteiger partial charge in [0.25, 0.3) is 0 Å². The van der Waals surface area contributed by atoms with Crippen molar-refractivity contribution in [2.75, 3.05) is 13.1 Å². The van der Waals surface area contributed by atoms with Crippen molar-refractivity contribution in [3.8, 4) is 12.1 Å². The van der Waals surface area contributed by atoms with E-state index < -0.39 is 22.6 Å². The summed E-state index contributed by atoms with van der Waals surface area (Å²) in [7, 11) is 0. The van der Waals surface area contributed by atoms with Crippen molar-refractivity contribution in [2.45, 2.75) is 78.4 Å². The number of nitrogens with zero attached hydrogens (tertiary/aromatic N) is 3. The van der Waals surface area contributed by atoms with E-state index in [0.29, 0.717) is 25.9 Å². The van der Waals surface area contributed by atoms with Crippen LogP contribution in [0.3, 0.4) is 0 Å². The summed E-state index contributed by atoms with van der Waals surface area (Å²) >= 11 is 0. The lowest BCUT2D eigenvalue weighted by Crippen LogP contribution is -2.45. The highest BCUT2D eigenvalue weighted by Crippen LogP contribution is 2.39. The summed E-state index contributed by atoms with van der Waals surface area (Å²) in [6.07, 6.45) is 0.814. The number of hydrogen-bond acceptors (Lipinski definition) is 6. The van der Waals surface area contributed by atoms with E-state index in [4.69, 9.17) is 9.47 Å². The maximum atomic E-state index is 12.2. The topological polar surface area (TPSA) is 103 Å². The van der Waals surface area contributed by atoms with Crippen LogP contribution in [0.15, 0.2) is 0 Å². The first-order chi connectivity index (χ1) is 12.3. The van der Waals surface area contributed by atoms with E-state index in [1.165, 1.54) is 0 Å². The van der Waals surface area contributed by atoms with Crippen LogP contribution in [-0.2, 0) is 14.3 Å². The molecule has 0 aromatic carbocycles. The van der Waals surface area contributed by atoms with Crippen LogP contribution in [0.1, 0.15) is 67.2 Å². The fourth-order valence-electron chi connectivity index (χ4n) is 3.10. The number of likely N-dealkylation sites (tertiary alicyclic amines) is 1. The molecule has 0 spiro atoms. The number of piperidine rings is 1. The molecule has 1 amide bonds. The molecule has 0 unspecified atom stereocenters. The monoisotopic (exact) mass is 377 g/mol. The molecule has 0 N–H and O–H groups in total. The zero-order chi connectivity index (χ0) is 20.9. The van der Waals surface area contributed by atoms with E-state index in [1.54, 1.807) is 25.7 Å². The van der Waals surface area contributed by atoms with Crippen LogP contribution in [0.4, 0.5) is 4.79 Å². The molecule has 1 rings (SSSR count). The maximum Gasteiger partial charge on any atom is 0.410 e. The first-order valence-corrected chi connectivity index (χ1v) is 9.34. The predicted octanol–water partition coefficient (Wildman–Crippen LogP) is 3.79. The molecule has 1 aliphatic rings. The minimum atomic E-state index is -1.25. The smallest absolute Gasteiger partial charge is 0.410 e. The Balaban J connectivity index is 2.70. The molecule has 0 aliphatic carbocycles. The van der Waals surface area contributed by atoms with E-state index in [-0.39, 0.29) is 24.9 Å². The van der Waals surface area contributed by atoms with Crippen LogP contribution < -0.4 is 0 Å². The van der Waals surface area contributed by atoms with E-state index in [0.717, 1.165) is 0 Å². The highest BCUT2D eigenvalue weighted by Gasteiger charge is 2.42. The number of hydrogen-bond donors (Lipinski definition) is 0. The first kappa shape index (κ1) is 22.8. The largest absolute Gasteiger partial charge is 0.460 e. The summed E-state index contributed by atoms with van der Waals surface area (Å²) in [6, 6.07) is 4.26. The van der Waals surface area contributed by atoms with E-state index >= 15 is 0 Å². The van der Waals surface area contributed by atoms with E-state index in [9.17, 15) is 20.1 Å². The number of carbonyl (C=O) groups excluding carboxylic acids is 2. The number of nitriles is 2. The third kappa shape index (κ3) is 7.09. The second kappa shape index (κ2) is 8.61. The van der Waals surface area contributed by atoms with Gasteiger partial charge in [0.05, 0.1) is 12.1 Å². The Morgan fingerprint density at radius 1 is 0.963 bits per heavy atom. The van der Waals surface area contributed by atoms with Gasteiger partial charge >= 0.3 is 12.1 Å². The summed E-state index contributed by atoms with van der Waals surface area (Å²) in [5.74, 6) is -0.614. The fraction of sp³-hybridized carbons (Fsp3) is 0.800. The molecule has 1 saturated heterocycles. The molecule has 1 aliphatic heterocycles. The molecule has 1 fully saturated rings. The van der Waals surface area contributed by atoms with Crippen LogP contribution in [0.25, 0.3) is 0 Å². The molecule has 7 nitrogen and oxygen atoms in total. The normalized spacial score (nSPS) is 16.2. The Bertz CT molecular complexity index is 610. The van der Waals surface area contributed by atoms with Crippen molar-refractivity contribution in [3.63, 3.8) is 0 Å². The summed E-state index contributed by atoms with van der Waals surface area (Å²) in [5, 5.41) is 19.3. The van der Waals surface area contributed by atoms with Gasteiger partial charge in [-0.1, -0.05) is 0 Å². The Kier molecular flexibility index (Phi) is 7.25. The molecule has 27 heavy (non-hydrogen) atoms. The van der Waals surface area contributed by atoms with Crippen molar-refractivity contribution in [1.82, 2.24) is 4.90 Å². The molecule has 0 atom stereocenters. The molecule has 0 saturated carbocycles. The molecule has 0 aromatic rings. The third-order valence-corrected chi connectivity index (χ3v) is 4.39. The van der Waals surface area contributed by atoms with Gasteiger partial charge in [0, 0.05) is 19.5 Å². The number of amides is 1. The van der Waals surface area contributed by atoms with E-state index in [1.807, 2.05) is 20.8 Å². The van der Waals surface area contributed by atoms with Gasteiger partial charge in [0.2, 0.25) is 0 Å². The van der Waals surface area contributed by atoms with Crippen LogP contribution in [0.5, 0.6) is 0 Å². The number of ether oxygens (including phenoxy) is 2. The second-order valence-electron chi connectivity index (χ2n) is 9.02. The number of esters is 1. The summed E-state index contributed by atoms with van der Waals surface area (Å²) < 4.78 is 10.6. The Hall–Kier alpha value is -2.28. The lowest BCUT2D eigenvalue weighted by atomic mass is 9.70. The Morgan fingerprint density at radius 2 is 1.44 bits per heavy atom. The van der Waals surface area contributed by atoms with Crippen molar-refractivity contribution >= 4 is 12.1 Å². The van der Waals surface area contributed by atoms with Gasteiger partial charge in [-0.05, 0) is 66.7 Å². The molecule has 0 bridgehead atoms. The first-order valence-electron chi connectivity index (χ1n) is 9.34. The van der Waals surface area contributed by atoms with Crippen molar-refractivity contribution < 1.29 is 19.1 Å². The summed E-state index contributed by atoms with van der Waals surface area (Å²) in [4.78, 5) is 25.8. The molecule has 1 heterocycles. The Labute approximate surface area is 162 Å². The zero-order valence-electron chi connectivity index (χ0n) is 17.3. The zero-order valence-corrected chi connectivity index (χ0v) is 17.3. The van der Waals surface area contributed by atoms with Gasteiger partial charge in [-0.15, -0.1) is 0 Å². The van der Waals surface area contributed by atoms with Gasteiger partial charge < -0.3 is 14.4 Å². The predicted molar refractivity (Wildman–Crippen MR) is 99.3 cm³/mol. The summed E-state index contributed by atoms with van der Waals surface area (Å²) in [5.41, 5.74) is -2.42. The fourth-order valence-corrected chi connectivity index (χ4v) is 3.10. The van der Waals surface area contributed by atoms with Crippen LogP contribution in [0.2, 0.25) is 0 Å². The average molecular weight is 377 g/mol. The number of carbonyl (C=O) groups is 2. The van der Waals surface area contributed by atoms with Gasteiger partial charge in [0.15, 0.2) is 0 Å². The standard InChI is InChI=1S/C20H31N3O4/c1-18(2,3)26-16(24)7-10-20(13-21,14-22)15-8-11-23(12-9-15)17(25)27-19(4,5)6/h15H,7-12H2,1-6H3. The van der Waals surface area contributed by atoms with Crippen molar-refractivity contribution in [2.24, 2.45) is 11.3 Å². The minimum absolute atomic E-state index is 0.0185. The second-order valence-corrected chi connectivity index (χ2v) is 9.02. The van der Waals surface area contributed by atoms with Gasteiger partial charge in [-0.2, -0.15) is 10.5 Å². The highest BCUT2D eigenvalue weighted by atomic mass is 16.6.